The van der Waals surface area contributed by atoms with Gasteiger partial charge < -0.3 is 25.0 Å². The number of rotatable bonds is 10. The second-order valence-electron chi connectivity index (χ2n) is 12.3. The van der Waals surface area contributed by atoms with E-state index in [4.69, 9.17) is 9.47 Å². The van der Waals surface area contributed by atoms with Gasteiger partial charge in [-0.2, -0.15) is 0 Å². The highest BCUT2D eigenvalue weighted by Crippen LogP contribution is 2.33. The Kier molecular flexibility index (Phi) is 10.5. The third-order valence-electron chi connectivity index (χ3n) is 6.47. The average molecular weight is 566 g/mol. The largest absolute Gasteiger partial charge is 0.458 e. The maximum Gasteiger partial charge on any atom is 0.408 e. The van der Waals surface area contributed by atoms with E-state index in [0.29, 0.717) is 5.56 Å². The van der Waals surface area contributed by atoms with Crippen molar-refractivity contribution in [3.8, 4) is 0 Å². The van der Waals surface area contributed by atoms with Crippen molar-refractivity contribution in [2.24, 2.45) is 0 Å². The van der Waals surface area contributed by atoms with Crippen LogP contribution in [0.3, 0.4) is 0 Å². The van der Waals surface area contributed by atoms with Crippen LogP contribution in [-0.4, -0.2) is 58.6 Å². The van der Waals surface area contributed by atoms with Gasteiger partial charge in [-0.1, -0.05) is 60.7 Å². The van der Waals surface area contributed by atoms with Crippen molar-refractivity contribution in [1.82, 2.24) is 15.5 Å². The first kappa shape index (κ1) is 31.6. The number of esters is 1. The number of hydrogen-bond acceptors (Lipinski definition) is 6. The van der Waals surface area contributed by atoms with Gasteiger partial charge in [0.1, 0.15) is 29.8 Å². The van der Waals surface area contributed by atoms with Gasteiger partial charge in [0.05, 0.1) is 0 Å². The number of nitrogens with one attached hydrogen (secondary N) is 2. The van der Waals surface area contributed by atoms with Crippen LogP contribution < -0.4 is 10.6 Å². The molecule has 2 unspecified atom stereocenters. The number of hydrogen-bond donors (Lipinski definition) is 2. The van der Waals surface area contributed by atoms with E-state index in [0.717, 1.165) is 24.8 Å². The first-order valence-corrected chi connectivity index (χ1v) is 14.1. The molecule has 1 aliphatic rings. The third-order valence-corrected chi connectivity index (χ3v) is 6.47. The number of alkyl carbamates (subject to hydrolysis) is 1. The van der Waals surface area contributed by atoms with Gasteiger partial charge in [-0.3, -0.25) is 9.59 Å². The molecule has 0 bridgehead atoms. The maximum atomic E-state index is 14.1. The molecular weight excluding hydrogens is 522 g/mol. The zero-order valence-corrected chi connectivity index (χ0v) is 24.9. The molecule has 2 aromatic rings. The minimum atomic E-state index is -1.02. The van der Waals surface area contributed by atoms with Crippen LogP contribution in [0.15, 0.2) is 60.7 Å². The van der Waals surface area contributed by atoms with Crippen LogP contribution in [0.5, 0.6) is 0 Å². The van der Waals surface area contributed by atoms with Crippen molar-refractivity contribution in [2.75, 3.05) is 6.54 Å². The molecule has 1 aliphatic carbocycles. The minimum Gasteiger partial charge on any atom is -0.458 e. The summed E-state index contributed by atoms with van der Waals surface area (Å²) < 4.78 is 10.9. The van der Waals surface area contributed by atoms with E-state index in [-0.39, 0.29) is 19.0 Å². The Morgan fingerprint density at radius 3 is 1.93 bits per heavy atom. The smallest absolute Gasteiger partial charge is 0.408 e. The molecule has 1 fully saturated rings. The van der Waals surface area contributed by atoms with E-state index >= 15 is 0 Å². The second kappa shape index (κ2) is 13.7. The van der Waals surface area contributed by atoms with Crippen LogP contribution in [0, 0.1) is 0 Å². The van der Waals surface area contributed by atoms with Gasteiger partial charge in [0.25, 0.3) is 0 Å². The zero-order chi connectivity index (χ0) is 30.2. The lowest BCUT2D eigenvalue weighted by Crippen LogP contribution is -2.56. The molecule has 2 aromatic carbocycles. The topological polar surface area (TPSA) is 114 Å². The van der Waals surface area contributed by atoms with Gasteiger partial charge >= 0.3 is 12.1 Å². The van der Waals surface area contributed by atoms with Crippen molar-refractivity contribution >= 4 is 23.9 Å². The third kappa shape index (κ3) is 9.92. The predicted octanol–water partition coefficient (Wildman–Crippen LogP) is 4.70. The normalized spacial score (nSPS) is 15.1. The van der Waals surface area contributed by atoms with E-state index in [9.17, 15) is 19.2 Å². The number of ether oxygens (including phenoxy) is 2. The molecule has 1 saturated carbocycles. The van der Waals surface area contributed by atoms with Gasteiger partial charge in [0.15, 0.2) is 0 Å². The molecule has 3 rings (SSSR count). The predicted molar refractivity (Wildman–Crippen MR) is 156 cm³/mol. The average Bonchev–Trinajstić information content (AvgIpc) is 2.84. The Hall–Kier alpha value is -3.88. The summed E-state index contributed by atoms with van der Waals surface area (Å²) in [5, 5.41) is 5.43. The molecule has 0 saturated heterocycles. The summed E-state index contributed by atoms with van der Waals surface area (Å²) in [6.07, 6.45) is 1.89. The molecule has 9 heteroatoms. The molecule has 41 heavy (non-hydrogen) atoms. The standard InChI is InChI=1S/C32H43N3O6/c1-31(2,3)40-29(38)25(20-22-14-9-7-10-15-22)34-28(37)27(23-16-11-8-12-17-23)35(24-18-13-19-24)26(36)21-33-30(39)41-32(4,5)6/h7-12,14-17,24-25,27H,13,18-21H2,1-6H3,(H,33,39)(H,34,37). The summed E-state index contributed by atoms with van der Waals surface area (Å²) in [4.78, 5) is 54.9. The summed E-state index contributed by atoms with van der Waals surface area (Å²) in [5.41, 5.74) is -0.0157. The van der Waals surface area contributed by atoms with Crippen molar-refractivity contribution in [2.45, 2.75) is 96.6 Å². The van der Waals surface area contributed by atoms with E-state index in [2.05, 4.69) is 10.6 Å². The molecule has 0 heterocycles. The maximum absolute atomic E-state index is 14.1. The quantitative estimate of drug-likeness (QED) is 0.404. The molecule has 222 valence electrons. The summed E-state index contributed by atoms with van der Waals surface area (Å²) >= 11 is 0. The van der Waals surface area contributed by atoms with Gasteiger partial charge in [0, 0.05) is 12.5 Å². The van der Waals surface area contributed by atoms with Crippen LogP contribution in [0.2, 0.25) is 0 Å². The summed E-state index contributed by atoms with van der Waals surface area (Å²) in [6.45, 7) is 10.2. The fraction of sp³-hybridized carbons (Fsp3) is 0.500. The number of nitrogens with zero attached hydrogens (tertiary/aromatic N) is 1. The molecule has 2 atom stereocenters. The Morgan fingerprint density at radius 2 is 1.41 bits per heavy atom. The lowest BCUT2D eigenvalue weighted by atomic mass is 9.88. The SMILES string of the molecule is CC(C)(C)OC(=O)NCC(=O)N(C1CCC1)C(C(=O)NC(Cc1ccccc1)C(=O)OC(C)(C)C)c1ccccc1. The van der Waals surface area contributed by atoms with Crippen LogP contribution in [0.25, 0.3) is 0 Å². The van der Waals surface area contributed by atoms with E-state index in [1.807, 2.05) is 36.4 Å². The first-order chi connectivity index (χ1) is 19.2. The van der Waals surface area contributed by atoms with E-state index in [1.165, 1.54) is 0 Å². The molecule has 0 radical (unpaired) electrons. The molecular formula is C32H43N3O6. The highest BCUT2D eigenvalue weighted by atomic mass is 16.6. The van der Waals surface area contributed by atoms with Gasteiger partial charge in [-0.15, -0.1) is 0 Å². The molecule has 0 spiro atoms. The number of benzene rings is 2. The van der Waals surface area contributed by atoms with Gasteiger partial charge in [-0.05, 0) is 71.9 Å². The van der Waals surface area contributed by atoms with Crippen molar-refractivity contribution < 1.29 is 28.7 Å². The zero-order valence-electron chi connectivity index (χ0n) is 24.9. The highest BCUT2D eigenvalue weighted by molar-refractivity contribution is 5.93. The number of carbonyl (C=O) groups excluding carboxylic acids is 4. The van der Waals surface area contributed by atoms with Crippen molar-refractivity contribution in [3.05, 3.63) is 71.8 Å². The van der Waals surface area contributed by atoms with Crippen molar-refractivity contribution in [3.63, 3.8) is 0 Å². The van der Waals surface area contributed by atoms with E-state index in [1.54, 1.807) is 70.7 Å². The highest BCUT2D eigenvalue weighted by Gasteiger charge is 2.40. The summed E-state index contributed by atoms with van der Waals surface area (Å²) in [5.74, 6) is -1.48. The van der Waals surface area contributed by atoms with Crippen LogP contribution in [0.1, 0.15) is 78.0 Å². The number of amides is 3. The lowest BCUT2D eigenvalue weighted by Gasteiger charge is -2.42. The fourth-order valence-corrected chi connectivity index (χ4v) is 4.52. The Labute approximate surface area is 243 Å². The molecule has 2 N–H and O–H groups in total. The first-order valence-electron chi connectivity index (χ1n) is 14.1. The Bertz CT molecular complexity index is 1180. The Morgan fingerprint density at radius 1 is 0.854 bits per heavy atom. The van der Waals surface area contributed by atoms with Crippen LogP contribution in [-0.2, 0) is 30.3 Å². The van der Waals surface area contributed by atoms with Crippen LogP contribution >= 0.6 is 0 Å². The van der Waals surface area contributed by atoms with Crippen molar-refractivity contribution in [1.29, 1.82) is 0 Å². The fourth-order valence-electron chi connectivity index (χ4n) is 4.52. The Balaban J connectivity index is 1.91. The second-order valence-corrected chi connectivity index (χ2v) is 12.3. The molecule has 0 aliphatic heterocycles. The molecule has 9 nitrogen and oxygen atoms in total. The van der Waals surface area contributed by atoms with Gasteiger partial charge in [-0.25, -0.2) is 9.59 Å². The summed E-state index contributed by atoms with van der Waals surface area (Å²) in [7, 11) is 0. The van der Waals surface area contributed by atoms with E-state index < -0.39 is 47.2 Å². The lowest BCUT2D eigenvalue weighted by molar-refractivity contribution is -0.159. The van der Waals surface area contributed by atoms with Crippen LogP contribution in [0.4, 0.5) is 4.79 Å². The minimum absolute atomic E-state index is 0.187. The number of carbonyl (C=O) groups is 4. The summed E-state index contributed by atoms with van der Waals surface area (Å²) in [6, 6.07) is 16.2. The van der Waals surface area contributed by atoms with Gasteiger partial charge in [0.2, 0.25) is 11.8 Å². The molecule has 3 amide bonds. The molecule has 0 aromatic heterocycles. The monoisotopic (exact) mass is 565 g/mol.